The summed E-state index contributed by atoms with van der Waals surface area (Å²) in [5.41, 5.74) is 5.40. The van der Waals surface area contributed by atoms with E-state index in [2.05, 4.69) is 15.9 Å². The predicted molar refractivity (Wildman–Crippen MR) is 86.0 cm³/mol. The number of ether oxygens (including phenoxy) is 1. The van der Waals surface area contributed by atoms with Crippen LogP contribution in [0.1, 0.15) is 39.5 Å². The second kappa shape index (κ2) is 10.1. The van der Waals surface area contributed by atoms with Crippen LogP contribution in [0.25, 0.3) is 0 Å². The maximum atomic E-state index is 8.99. The van der Waals surface area contributed by atoms with Crippen molar-refractivity contribution in [3.63, 3.8) is 0 Å². The summed E-state index contributed by atoms with van der Waals surface area (Å²) < 4.78 is 5.34. The highest BCUT2D eigenvalue weighted by molar-refractivity contribution is 5.07. The highest BCUT2D eigenvalue weighted by atomic mass is 16.5. The number of likely N-dealkylation sites (tertiary alicyclic amines) is 1. The van der Waals surface area contributed by atoms with Crippen molar-refractivity contribution in [1.82, 2.24) is 9.80 Å². The Kier molecular flexibility index (Phi) is 8.86. The zero-order valence-electron chi connectivity index (χ0n) is 13.8. The van der Waals surface area contributed by atoms with Gasteiger partial charge in [0.15, 0.2) is 0 Å². The van der Waals surface area contributed by atoms with Crippen LogP contribution in [0, 0.1) is 11.3 Å². The molecule has 5 heteroatoms. The normalized spacial score (nSPS) is 23.0. The molecule has 0 aromatic rings. The lowest BCUT2D eigenvalue weighted by molar-refractivity contribution is 0.0367. The van der Waals surface area contributed by atoms with Gasteiger partial charge in [-0.3, -0.25) is 4.90 Å². The molecule has 0 spiro atoms. The van der Waals surface area contributed by atoms with E-state index in [1.54, 1.807) is 0 Å². The van der Waals surface area contributed by atoms with E-state index in [4.69, 9.17) is 15.7 Å². The van der Waals surface area contributed by atoms with E-state index in [0.717, 1.165) is 58.8 Å². The number of nitrogens with two attached hydrogens (primary N) is 1. The van der Waals surface area contributed by atoms with Gasteiger partial charge in [0, 0.05) is 26.2 Å². The van der Waals surface area contributed by atoms with E-state index in [1.165, 1.54) is 19.4 Å². The van der Waals surface area contributed by atoms with E-state index in [0.29, 0.717) is 0 Å². The Labute approximate surface area is 130 Å². The van der Waals surface area contributed by atoms with E-state index in [-0.39, 0.29) is 0 Å². The van der Waals surface area contributed by atoms with E-state index in [1.807, 2.05) is 13.8 Å². The molecule has 2 fully saturated rings. The van der Waals surface area contributed by atoms with Crippen LogP contribution >= 0.6 is 0 Å². The summed E-state index contributed by atoms with van der Waals surface area (Å²) in [5.74, 6) is 0. The average Bonchev–Trinajstić information content (AvgIpc) is 2.56. The number of hydrogen-bond acceptors (Lipinski definition) is 5. The van der Waals surface area contributed by atoms with Crippen molar-refractivity contribution in [2.45, 2.75) is 45.1 Å². The van der Waals surface area contributed by atoms with Crippen molar-refractivity contribution in [2.75, 3.05) is 52.5 Å². The standard InChI is InChI=1S/C14H26N4O.C2H6/c15-13-14(16)3-7-17(8-4-14)5-1-2-6-18-9-11-19-12-10-18;1-2/h1-12,16H2;1-2H3. The van der Waals surface area contributed by atoms with Crippen LogP contribution in [0.3, 0.4) is 0 Å². The lowest BCUT2D eigenvalue weighted by Crippen LogP contribution is -2.49. The Morgan fingerprint density at radius 2 is 1.48 bits per heavy atom. The number of rotatable bonds is 5. The number of hydrogen-bond donors (Lipinski definition) is 1. The van der Waals surface area contributed by atoms with Crippen molar-refractivity contribution in [3.8, 4) is 6.07 Å². The van der Waals surface area contributed by atoms with Crippen LogP contribution in [0.5, 0.6) is 0 Å². The third kappa shape index (κ3) is 6.75. The first-order chi connectivity index (χ1) is 10.2. The summed E-state index contributed by atoms with van der Waals surface area (Å²) in [7, 11) is 0. The lowest BCUT2D eigenvalue weighted by Gasteiger charge is -2.34. The monoisotopic (exact) mass is 296 g/mol. The zero-order chi connectivity index (χ0) is 15.6. The second-order valence-corrected chi connectivity index (χ2v) is 5.77. The van der Waals surface area contributed by atoms with Gasteiger partial charge in [0.2, 0.25) is 0 Å². The van der Waals surface area contributed by atoms with Crippen LogP contribution in [0.4, 0.5) is 0 Å². The third-order valence-corrected chi connectivity index (χ3v) is 4.27. The first-order valence-electron chi connectivity index (χ1n) is 8.44. The fourth-order valence-electron chi connectivity index (χ4n) is 2.78. The van der Waals surface area contributed by atoms with E-state index in [9.17, 15) is 0 Å². The van der Waals surface area contributed by atoms with Crippen LogP contribution in [0.15, 0.2) is 0 Å². The second-order valence-electron chi connectivity index (χ2n) is 5.77. The molecular weight excluding hydrogens is 264 g/mol. The molecule has 0 unspecified atom stereocenters. The van der Waals surface area contributed by atoms with Gasteiger partial charge < -0.3 is 15.4 Å². The fourth-order valence-corrected chi connectivity index (χ4v) is 2.78. The van der Waals surface area contributed by atoms with Crippen LogP contribution in [-0.4, -0.2) is 67.8 Å². The van der Waals surface area contributed by atoms with Gasteiger partial charge in [-0.2, -0.15) is 5.26 Å². The molecule has 0 atom stereocenters. The quantitative estimate of drug-likeness (QED) is 0.778. The smallest absolute Gasteiger partial charge is 0.106 e. The first-order valence-corrected chi connectivity index (χ1v) is 8.44. The summed E-state index contributed by atoms with van der Waals surface area (Å²) in [5, 5.41) is 8.99. The molecule has 2 heterocycles. The van der Waals surface area contributed by atoms with Crippen molar-refractivity contribution in [3.05, 3.63) is 0 Å². The fraction of sp³-hybridized carbons (Fsp3) is 0.938. The Balaban J connectivity index is 0.00000106. The Bertz CT molecular complexity index is 302. The number of piperidine rings is 1. The molecule has 0 bridgehead atoms. The topological polar surface area (TPSA) is 65.5 Å². The van der Waals surface area contributed by atoms with Gasteiger partial charge in [-0.05, 0) is 38.8 Å². The molecule has 0 aliphatic carbocycles. The van der Waals surface area contributed by atoms with Gasteiger partial charge in [-0.1, -0.05) is 13.8 Å². The van der Waals surface area contributed by atoms with Crippen LogP contribution in [-0.2, 0) is 4.74 Å². The van der Waals surface area contributed by atoms with Crippen molar-refractivity contribution < 1.29 is 4.74 Å². The van der Waals surface area contributed by atoms with Gasteiger partial charge in [0.05, 0.1) is 19.3 Å². The molecule has 2 aliphatic rings. The molecule has 0 aromatic heterocycles. The summed E-state index contributed by atoms with van der Waals surface area (Å²) >= 11 is 0. The highest BCUT2D eigenvalue weighted by Crippen LogP contribution is 2.18. The minimum absolute atomic E-state index is 0.565. The van der Waals surface area contributed by atoms with Gasteiger partial charge in [-0.15, -0.1) is 0 Å². The van der Waals surface area contributed by atoms with Gasteiger partial charge in [0.25, 0.3) is 0 Å². The van der Waals surface area contributed by atoms with Gasteiger partial charge >= 0.3 is 0 Å². The van der Waals surface area contributed by atoms with Crippen molar-refractivity contribution in [1.29, 1.82) is 5.26 Å². The van der Waals surface area contributed by atoms with Gasteiger partial charge in [-0.25, -0.2) is 0 Å². The molecule has 5 nitrogen and oxygen atoms in total. The predicted octanol–water partition coefficient (Wildman–Crippen LogP) is 1.44. The molecule has 2 rings (SSSR count). The van der Waals surface area contributed by atoms with Crippen LogP contribution in [0.2, 0.25) is 0 Å². The number of nitriles is 1. The minimum atomic E-state index is -0.565. The Morgan fingerprint density at radius 1 is 1.00 bits per heavy atom. The number of unbranched alkanes of at least 4 members (excludes halogenated alkanes) is 1. The van der Waals surface area contributed by atoms with Crippen LogP contribution < -0.4 is 5.73 Å². The minimum Gasteiger partial charge on any atom is -0.379 e. The summed E-state index contributed by atoms with van der Waals surface area (Å²) in [6.07, 6.45) is 4.12. The summed E-state index contributed by atoms with van der Waals surface area (Å²) in [6, 6.07) is 2.24. The molecule has 0 amide bonds. The zero-order valence-corrected chi connectivity index (χ0v) is 13.8. The average molecular weight is 296 g/mol. The maximum absolute atomic E-state index is 8.99. The van der Waals surface area contributed by atoms with Crippen molar-refractivity contribution in [2.24, 2.45) is 5.73 Å². The lowest BCUT2D eigenvalue weighted by atomic mass is 9.90. The number of nitrogens with zero attached hydrogens (tertiary/aromatic N) is 3. The third-order valence-electron chi connectivity index (χ3n) is 4.27. The molecule has 0 saturated carbocycles. The van der Waals surface area contributed by atoms with E-state index >= 15 is 0 Å². The first kappa shape index (κ1) is 18.4. The number of morpholine rings is 1. The molecule has 21 heavy (non-hydrogen) atoms. The molecule has 0 radical (unpaired) electrons. The molecular formula is C16H32N4O. The largest absolute Gasteiger partial charge is 0.379 e. The Hall–Kier alpha value is -0.670. The highest BCUT2D eigenvalue weighted by Gasteiger charge is 2.30. The summed E-state index contributed by atoms with van der Waals surface area (Å²) in [6.45, 7) is 12.2. The molecule has 2 saturated heterocycles. The Morgan fingerprint density at radius 3 is 1.95 bits per heavy atom. The van der Waals surface area contributed by atoms with Crippen molar-refractivity contribution >= 4 is 0 Å². The van der Waals surface area contributed by atoms with E-state index < -0.39 is 5.54 Å². The van der Waals surface area contributed by atoms with Gasteiger partial charge in [0.1, 0.15) is 5.54 Å². The molecule has 2 N–H and O–H groups in total. The maximum Gasteiger partial charge on any atom is 0.106 e. The molecule has 0 aromatic carbocycles. The summed E-state index contributed by atoms with van der Waals surface area (Å²) in [4.78, 5) is 4.93. The molecule has 2 aliphatic heterocycles. The SMILES string of the molecule is CC.N#CC1(N)CCN(CCCCN2CCOCC2)CC1. The molecule has 122 valence electrons.